The molecular weight excluding hydrogens is 305 g/mol. The first-order chi connectivity index (χ1) is 10.1. The molecule has 0 amide bonds. The van der Waals surface area contributed by atoms with Crippen LogP contribution >= 0.6 is 0 Å². The molecule has 0 atom stereocenters. The van der Waals surface area contributed by atoms with E-state index in [9.17, 15) is 22.0 Å². The van der Waals surface area contributed by atoms with Crippen molar-refractivity contribution >= 4 is 0 Å². The first-order valence-corrected chi connectivity index (χ1v) is 7.48. The van der Waals surface area contributed by atoms with Crippen LogP contribution in [0.25, 0.3) is 0 Å². The minimum Gasteiger partial charge on any atom is -0.243 e. The van der Waals surface area contributed by atoms with Crippen LogP contribution in [0.1, 0.15) is 57.8 Å². The van der Waals surface area contributed by atoms with Gasteiger partial charge in [-0.1, -0.05) is 45.2 Å². The van der Waals surface area contributed by atoms with Gasteiger partial charge in [-0.3, -0.25) is 0 Å². The molecule has 1 rings (SSSR count). The van der Waals surface area contributed by atoms with E-state index in [1.165, 1.54) is 0 Å². The van der Waals surface area contributed by atoms with Crippen LogP contribution in [0.3, 0.4) is 0 Å². The Morgan fingerprint density at radius 1 is 1.05 bits per heavy atom. The molecule has 0 aromatic carbocycles. The van der Waals surface area contributed by atoms with Gasteiger partial charge in [-0.15, -0.1) is 5.10 Å². The van der Waals surface area contributed by atoms with Crippen molar-refractivity contribution in [3.8, 4) is 0 Å². The van der Waals surface area contributed by atoms with E-state index >= 15 is 0 Å². The standard InChI is InChI=1S/C14H22F5N3/c1-4-5-6-7-8-22-12(13(15,16)14(17,18)19)11(20-21-22)9-10(2)3/h10H,4-9H2,1-3H3. The van der Waals surface area contributed by atoms with E-state index in [1.54, 1.807) is 13.8 Å². The fourth-order valence-electron chi connectivity index (χ4n) is 2.20. The zero-order chi connectivity index (χ0) is 17.0. The van der Waals surface area contributed by atoms with Gasteiger partial charge in [0, 0.05) is 6.54 Å². The highest BCUT2D eigenvalue weighted by molar-refractivity contribution is 5.19. The second-order valence-corrected chi connectivity index (χ2v) is 5.84. The summed E-state index contributed by atoms with van der Waals surface area (Å²) >= 11 is 0. The van der Waals surface area contributed by atoms with Gasteiger partial charge in [-0.25, -0.2) is 4.68 Å². The predicted octanol–water partition coefficient (Wildman–Crippen LogP) is 4.71. The summed E-state index contributed by atoms with van der Waals surface area (Å²) in [6.07, 6.45) is -2.51. The average Bonchev–Trinajstić information content (AvgIpc) is 2.76. The molecule has 0 aliphatic rings. The number of rotatable bonds is 8. The second kappa shape index (κ2) is 7.37. The van der Waals surface area contributed by atoms with Crippen molar-refractivity contribution in [3.63, 3.8) is 0 Å². The quantitative estimate of drug-likeness (QED) is 0.511. The number of aromatic nitrogens is 3. The highest BCUT2D eigenvalue weighted by Crippen LogP contribution is 2.45. The Morgan fingerprint density at radius 3 is 2.18 bits per heavy atom. The minimum absolute atomic E-state index is 0.0199. The SMILES string of the molecule is CCCCCCn1nnc(CC(C)C)c1C(F)(F)C(F)(F)F. The average molecular weight is 327 g/mol. The monoisotopic (exact) mass is 327 g/mol. The smallest absolute Gasteiger partial charge is 0.243 e. The van der Waals surface area contributed by atoms with Gasteiger partial charge < -0.3 is 0 Å². The molecule has 0 unspecified atom stereocenters. The van der Waals surface area contributed by atoms with Crippen LogP contribution in [0, 0.1) is 5.92 Å². The maximum absolute atomic E-state index is 13.8. The summed E-state index contributed by atoms with van der Waals surface area (Å²) in [4.78, 5) is 0. The summed E-state index contributed by atoms with van der Waals surface area (Å²) < 4.78 is 66.5. The number of hydrogen-bond donors (Lipinski definition) is 0. The summed E-state index contributed by atoms with van der Waals surface area (Å²) in [6.45, 7) is 5.47. The van der Waals surface area contributed by atoms with Gasteiger partial charge in [0.15, 0.2) is 0 Å². The van der Waals surface area contributed by atoms with Crippen LogP contribution in [0.5, 0.6) is 0 Å². The van der Waals surface area contributed by atoms with Gasteiger partial charge in [0.05, 0.1) is 5.69 Å². The Hall–Kier alpha value is -1.21. The van der Waals surface area contributed by atoms with Crippen molar-refractivity contribution in [2.75, 3.05) is 0 Å². The van der Waals surface area contributed by atoms with Crippen molar-refractivity contribution in [2.45, 2.75) is 71.5 Å². The highest BCUT2D eigenvalue weighted by Gasteiger charge is 2.62. The molecule has 0 bridgehead atoms. The third-order valence-corrected chi connectivity index (χ3v) is 3.28. The first kappa shape index (κ1) is 18.8. The Kier molecular flexibility index (Phi) is 6.31. The van der Waals surface area contributed by atoms with Crippen molar-refractivity contribution in [1.82, 2.24) is 15.0 Å². The fraction of sp³-hybridized carbons (Fsp3) is 0.857. The summed E-state index contributed by atoms with van der Waals surface area (Å²) in [5, 5.41) is 7.10. The van der Waals surface area contributed by atoms with Gasteiger partial charge >= 0.3 is 12.1 Å². The molecule has 0 fully saturated rings. The zero-order valence-electron chi connectivity index (χ0n) is 13.1. The molecule has 128 valence electrons. The molecule has 0 spiro atoms. The lowest BCUT2D eigenvalue weighted by Gasteiger charge is -2.21. The molecule has 3 nitrogen and oxygen atoms in total. The maximum atomic E-state index is 13.8. The predicted molar refractivity (Wildman–Crippen MR) is 72.7 cm³/mol. The molecule has 1 aromatic heterocycles. The molecule has 0 saturated heterocycles. The summed E-state index contributed by atoms with van der Waals surface area (Å²) in [7, 11) is 0. The maximum Gasteiger partial charge on any atom is 0.459 e. The number of nitrogens with zero attached hydrogens (tertiary/aromatic N) is 3. The molecule has 8 heteroatoms. The molecule has 0 N–H and O–H groups in total. The first-order valence-electron chi connectivity index (χ1n) is 7.48. The van der Waals surface area contributed by atoms with E-state index in [2.05, 4.69) is 10.3 Å². The van der Waals surface area contributed by atoms with Crippen molar-refractivity contribution in [2.24, 2.45) is 5.92 Å². The van der Waals surface area contributed by atoms with Crippen LogP contribution in [0.2, 0.25) is 0 Å². The topological polar surface area (TPSA) is 30.7 Å². The second-order valence-electron chi connectivity index (χ2n) is 5.84. The van der Waals surface area contributed by atoms with Crippen molar-refractivity contribution in [3.05, 3.63) is 11.4 Å². The number of hydrogen-bond acceptors (Lipinski definition) is 2. The van der Waals surface area contributed by atoms with E-state index in [0.29, 0.717) is 6.42 Å². The molecular formula is C14H22F5N3. The Morgan fingerprint density at radius 2 is 1.68 bits per heavy atom. The molecule has 22 heavy (non-hydrogen) atoms. The van der Waals surface area contributed by atoms with E-state index in [4.69, 9.17) is 0 Å². The van der Waals surface area contributed by atoms with Crippen molar-refractivity contribution < 1.29 is 22.0 Å². The summed E-state index contributed by atoms with van der Waals surface area (Å²) in [6, 6.07) is 0. The Labute approximate surface area is 126 Å². The zero-order valence-corrected chi connectivity index (χ0v) is 13.1. The van der Waals surface area contributed by atoms with E-state index in [1.807, 2.05) is 6.92 Å². The molecule has 0 aliphatic carbocycles. The van der Waals surface area contributed by atoms with Crippen LogP contribution < -0.4 is 0 Å². The largest absolute Gasteiger partial charge is 0.459 e. The Bertz CT molecular complexity index is 466. The highest BCUT2D eigenvalue weighted by atomic mass is 19.4. The van der Waals surface area contributed by atoms with Gasteiger partial charge in [0.2, 0.25) is 0 Å². The third kappa shape index (κ3) is 4.39. The lowest BCUT2D eigenvalue weighted by molar-refractivity contribution is -0.292. The molecule has 1 heterocycles. The molecule has 0 saturated carbocycles. The van der Waals surface area contributed by atoms with Gasteiger partial charge in [-0.2, -0.15) is 22.0 Å². The third-order valence-electron chi connectivity index (χ3n) is 3.28. The number of alkyl halides is 5. The van der Waals surface area contributed by atoms with Crippen LogP contribution in [-0.2, 0) is 18.9 Å². The van der Waals surface area contributed by atoms with Gasteiger partial charge in [0.1, 0.15) is 5.69 Å². The number of halogens is 5. The molecule has 0 radical (unpaired) electrons. The van der Waals surface area contributed by atoms with Crippen LogP contribution in [-0.4, -0.2) is 21.2 Å². The van der Waals surface area contributed by atoms with E-state index in [0.717, 1.165) is 23.9 Å². The fourth-order valence-corrected chi connectivity index (χ4v) is 2.20. The minimum atomic E-state index is -5.65. The number of aryl methyl sites for hydroxylation is 1. The van der Waals surface area contributed by atoms with E-state index < -0.39 is 17.8 Å². The summed E-state index contributed by atoms with van der Waals surface area (Å²) in [5.74, 6) is -5.03. The molecule has 0 aliphatic heterocycles. The normalized spacial score (nSPS) is 13.1. The Balaban J connectivity index is 3.10. The number of unbranched alkanes of at least 4 members (excludes halogenated alkanes) is 3. The lowest BCUT2D eigenvalue weighted by Crippen LogP contribution is -2.37. The van der Waals surface area contributed by atoms with Crippen molar-refractivity contribution in [1.29, 1.82) is 0 Å². The molecule has 1 aromatic rings. The lowest BCUT2D eigenvalue weighted by atomic mass is 10.0. The van der Waals surface area contributed by atoms with Crippen LogP contribution in [0.4, 0.5) is 22.0 Å². The summed E-state index contributed by atoms with van der Waals surface area (Å²) in [5.41, 5.74) is -1.38. The van der Waals surface area contributed by atoms with Gasteiger partial charge in [-0.05, 0) is 18.8 Å². The van der Waals surface area contributed by atoms with Crippen LogP contribution in [0.15, 0.2) is 0 Å². The van der Waals surface area contributed by atoms with Gasteiger partial charge in [0.25, 0.3) is 0 Å². The van der Waals surface area contributed by atoms with E-state index in [-0.39, 0.29) is 24.6 Å².